The van der Waals surface area contributed by atoms with E-state index in [2.05, 4.69) is 10.3 Å². The summed E-state index contributed by atoms with van der Waals surface area (Å²) in [5, 5.41) is 3.65. The first-order valence-corrected chi connectivity index (χ1v) is 8.22. The molecule has 1 N–H and O–H groups in total. The van der Waals surface area contributed by atoms with Gasteiger partial charge in [-0.1, -0.05) is 60.7 Å². The third-order valence-corrected chi connectivity index (χ3v) is 4.71. The number of nitrogens with zero attached hydrogens (tertiary/aromatic N) is 1. The molecule has 0 bridgehead atoms. The minimum atomic E-state index is -0.144. The quantitative estimate of drug-likeness (QED) is 0.756. The summed E-state index contributed by atoms with van der Waals surface area (Å²) in [5.74, 6) is -0.139. The monoisotopic (exact) mass is 310 g/mol. The van der Waals surface area contributed by atoms with Crippen LogP contribution in [0.2, 0.25) is 0 Å². The maximum atomic E-state index is 12.6. The Hall–Kier alpha value is -2.20. The Morgan fingerprint density at radius 1 is 1.18 bits per heavy atom. The molecule has 0 aliphatic heterocycles. The van der Waals surface area contributed by atoms with E-state index in [1.807, 2.05) is 62.4 Å². The third kappa shape index (κ3) is 2.88. The Morgan fingerprint density at radius 3 is 2.64 bits per heavy atom. The average Bonchev–Trinajstić information content (AvgIpc) is 2.93. The molecular formula is C18H18N2OS. The smallest absolute Gasteiger partial charge is 0.233 e. The summed E-state index contributed by atoms with van der Waals surface area (Å²) >= 11 is 1.52. The molecule has 3 nitrogen and oxygen atoms in total. The number of fused-ring (bicyclic) bond motifs is 1. The summed E-state index contributed by atoms with van der Waals surface area (Å²) in [6.07, 6.45) is 0.764. The molecule has 3 rings (SSSR count). The zero-order chi connectivity index (χ0) is 15.5. The fourth-order valence-corrected chi connectivity index (χ4v) is 3.54. The predicted octanol–water partition coefficient (Wildman–Crippen LogP) is 4.74. The Morgan fingerprint density at radius 2 is 1.95 bits per heavy atom. The van der Waals surface area contributed by atoms with E-state index in [4.69, 9.17) is 0 Å². The fraction of sp³-hybridized carbons (Fsp3) is 0.222. The summed E-state index contributed by atoms with van der Waals surface area (Å²) in [5.41, 5.74) is 3.14. The van der Waals surface area contributed by atoms with Crippen molar-refractivity contribution in [1.29, 1.82) is 0 Å². The minimum Gasteiger partial charge on any atom is -0.301 e. The first-order valence-electron chi connectivity index (χ1n) is 7.41. The van der Waals surface area contributed by atoms with Crippen molar-refractivity contribution in [1.82, 2.24) is 4.98 Å². The van der Waals surface area contributed by atoms with Crippen LogP contribution in [0.3, 0.4) is 0 Å². The molecule has 0 aliphatic rings. The number of carbonyl (C=O) groups excluding carboxylic acids is 1. The number of benzene rings is 2. The van der Waals surface area contributed by atoms with Crippen LogP contribution in [0.25, 0.3) is 10.2 Å². The van der Waals surface area contributed by atoms with E-state index in [1.54, 1.807) is 0 Å². The molecule has 4 heteroatoms. The van der Waals surface area contributed by atoms with E-state index in [9.17, 15) is 4.79 Å². The summed E-state index contributed by atoms with van der Waals surface area (Å²) in [6, 6.07) is 16.0. The van der Waals surface area contributed by atoms with Gasteiger partial charge in [-0.25, -0.2) is 4.98 Å². The van der Waals surface area contributed by atoms with Crippen molar-refractivity contribution in [2.75, 3.05) is 5.32 Å². The van der Waals surface area contributed by atoms with E-state index in [-0.39, 0.29) is 11.8 Å². The van der Waals surface area contributed by atoms with E-state index >= 15 is 0 Å². The van der Waals surface area contributed by atoms with Crippen LogP contribution >= 0.6 is 11.3 Å². The van der Waals surface area contributed by atoms with Gasteiger partial charge in [-0.2, -0.15) is 0 Å². The molecule has 0 spiro atoms. The zero-order valence-electron chi connectivity index (χ0n) is 12.7. The van der Waals surface area contributed by atoms with Crippen molar-refractivity contribution in [2.45, 2.75) is 26.2 Å². The maximum Gasteiger partial charge on any atom is 0.233 e. The van der Waals surface area contributed by atoms with E-state index < -0.39 is 0 Å². The highest BCUT2D eigenvalue weighted by Crippen LogP contribution is 2.29. The minimum absolute atomic E-state index is 0.00501. The number of anilines is 1. The second-order valence-electron chi connectivity index (χ2n) is 5.30. The predicted molar refractivity (Wildman–Crippen MR) is 92.5 cm³/mol. The fourth-order valence-electron chi connectivity index (χ4n) is 2.59. The van der Waals surface area contributed by atoms with Crippen LogP contribution in [0.15, 0.2) is 48.5 Å². The normalized spacial score (nSPS) is 12.3. The molecule has 0 fully saturated rings. The van der Waals surface area contributed by atoms with Gasteiger partial charge in [0.15, 0.2) is 5.13 Å². The van der Waals surface area contributed by atoms with Gasteiger partial charge in [0.2, 0.25) is 5.91 Å². The van der Waals surface area contributed by atoms with Crippen LogP contribution < -0.4 is 5.32 Å². The first-order chi connectivity index (χ1) is 10.7. The molecule has 22 heavy (non-hydrogen) atoms. The van der Waals surface area contributed by atoms with Crippen LogP contribution in [-0.4, -0.2) is 10.9 Å². The molecule has 2 aromatic carbocycles. The Kier molecular flexibility index (Phi) is 4.20. The molecule has 0 unspecified atom stereocenters. The lowest BCUT2D eigenvalue weighted by molar-refractivity contribution is -0.117. The van der Waals surface area contributed by atoms with Crippen LogP contribution in [0.1, 0.15) is 30.4 Å². The van der Waals surface area contributed by atoms with Gasteiger partial charge < -0.3 is 5.32 Å². The lowest BCUT2D eigenvalue weighted by Crippen LogP contribution is -2.20. The van der Waals surface area contributed by atoms with Gasteiger partial charge in [-0.05, 0) is 30.5 Å². The average molecular weight is 310 g/mol. The number of rotatable bonds is 4. The van der Waals surface area contributed by atoms with Gasteiger partial charge in [0.1, 0.15) is 0 Å². The van der Waals surface area contributed by atoms with Crippen molar-refractivity contribution in [3.05, 3.63) is 59.7 Å². The number of nitrogens with one attached hydrogen (secondary N) is 1. The molecule has 0 radical (unpaired) electrons. The summed E-state index contributed by atoms with van der Waals surface area (Å²) in [7, 11) is 0. The highest BCUT2D eigenvalue weighted by atomic mass is 32.1. The standard InChI is InChI=1S/C18H18N2OS/c1-3-14(13-9-5-4-6-10-13)17(21)20-18-19-16-12(2)8-7-11-15(16)22-18/h4-11,14H,3H2,1-2H3,(H,19,20,21)/t14-/m1/s1. The van der Waals surface area contributed by atoms with Crippen LogP contribution in [-0.2, 0) is 4.79 Å². The Labute approximate surface area is 134 Å². The van der Waals surface area contributed by atoms with Crippen LogP contribution in [0.5, 0.6) is 0 Å². The summed E-state index contributed by atoms with van der Waals surface area (Å²) in [4.78, 5) is 17.1. The topological polar surface area (TPSA) is 42.0 Å². The van der Waals surface area contributed by atoms with Gasteiger partial charge in [0.05, 0.1) is 16.1 Å². The van der Waals surface area contributed by atoms with Gasteiger partial charge in [0.25, 0.3) is 0 Å². The lowest BCUT2D eigenvalue weighted by Gasteiger charge is -2.13. The second-order valence-corrected chi connectivity index (χ2v) is 6.33. The Balaban J connectivity index is 1.84. The van der Waals surface area contributed by atoms with Crippen LogP contribution in [0.4, 0.5) is 5.13 Å². The molecular weight excluding hydrogens is 292 g/mol. The number of aromatic nitrogens is 1. The maximum absolute atomic E-state index is 12.6. The summed E-state index contributed by atoms with van der Waals surface area (Å²) < 4.78 is 1.10. The van der Waals surface area contributed by atoms with Crippen LogP contribution in [0, 0.1) is 6.92 Å². The van der Waals surface area contributed by atoms with E-state index in [1.165, 1.54) is 11.3 Å². The SMILES string of the molecule is CC[C@@H](C(=O)Nc1nc2c(C)cccc2s1)c1ccccc1. The lowest BCUT2D eigenvalue weighted by atomic mass is 9.96. The van der Waals surface area contributed by atoms with Crippen molar-refractivity contribution in [3.63, 3.8) is 0 Å². The van der Waals surface area contributed by atoms with Gasteiger partial charge >= 0.3 is 0 Å². The number of aryl methyl sites for hydroxylation is 1. The number of para-hydroxylation sites is 1. The molecule has 1 amide bonds. The second kappa shape index (κ2) is 6.28. The molecule has 0 saturated carbocycles. The highest BCUT2D eigenvalue weighted by molar-refractivity contribution is 7.22. The zero-order valence-corrected chi connectivity index (χ0v) is 13.5. The van der Waals surface area contributed by atoms with E-state index in [0.717, 1.165) is 27.8 Å². The molecule has 3 aromatic rings. The van der Waals surface area contributed by atoms with Crippen molar-refractivity contribution in [3.8, 4) is 0 Å². The third-order valence-electron chi connectivity index (χ3n) is 3.78. The van der Waals surface area contributed by atoms with Crippen molar-refractivity contribution in [2.24, 2.45) is 0 Å². The Bertz CT molecular complexity index is 795. The largest absolute Gasteiger partial charge is 0.301 e. The molecule has 1 heterocycles. The number of thiazole rings is 1. The van der Waals surface area contributed by atoms with E-state index in [0.29, 0.717) is 5.13 Å². The molecule has 0 aliphatic carbocycles. The molecule has 0 saturated heterocycles. The highest BCUT2D eigenvalue weighted by Gasteiger charge is 2.19. The van der Waals surface area contributed by atoms with Gasteiger partial charge in [-0.3, -0.25) is 4.79 Å². The van der Waals surface area contributed by atoms with Crippen molar-refractivity contribution >= 4 is 32.6 Å². The van der Waals surface area contributed by atoms with Gasteiger partial charge in [-0.15, -0.1) is 0 Å². The molecule has 1 aromatic heterocycles. The number of hydrogen-bond acceptors (Lipinski definition) is 3. The molecule has 1 atom stereocenters. The van der Waals surface area contributed by atoms with Crippen molar-refractivity contribution < 1.29 is 4.79 Å². The number of carbonyl (C=O) groups is 1. The number of hydrogen-bond donors (Lipinski definition) is 1. The number of amides is 1. The molecule has 112 valence electrons. The summed E-state index contributed by atoms with van der Waals surface area (Å²) in [6.45, 7) is 4.06. The first kappa shape index (κ1) is 14.7. The van der Waals surface area contributed by atoms with Gasteiger partial charge in [0, 0.05) is 0 Å².